The summed E-state index contributed by atoms with van der Waals surface area (Å²) in [5.41, 5.74) is 6.06. The van der Waals surface area contributed by atoms with Gasteiger partial charge in [0.2, 0.25) is 0 Å². The van der Waals surface area contributed by atoms with Crippen LogP contribution in [0, 0.1) is 0 Å². The molecule has 0 radical (unpaired) electrons. The van der Waals surface area contributed by atoms with Crippen molar-refractivity contribution in [3.8, 4) is 0 Å². The monoisotopic (exact) mass is 192 g/mol. The van der Waals surface area contributed by atoms with Crippen LogP contribution in [-0.2, 0) is 16.9 Å². The van der Waals surface area contributed by atoms with Crippen LogP contribution in [0.2, 0.25) is 0 Å². The molecule has 1 aromatic rings. The van der Waals surface area contributed by atoms with E-state index in [1.165, 1.54) is 0 Å². The average Bonchev–Trinajstić information content (AvgIpc) is 2.18. The summed E-state index contributed by atoms with van der Waals surface area (Å²) in [6.07, 6.45) is 0.822. The molecule has 4 nitrogen and oxygen atoms in total. The van der Waals surface area contributed by atoms with Crippen molar-refractivity contribution < 1.29 is 9.90 Å². The van der Waals surface area contributed by atoms with Gasteiger partial charge in [0.05, 0.1) is 0 Å². The first-order valence-electron chi connectivity index (χ1n) is 4.50. The number of nitrogens with one attached hydrogen (secondary N) is 1. The molecule has 14 heavy (non-hydrogen) atoms. The molecule has 1 heterocycles. The standard InChI is InChI=1S/C10H12N2O2/c11-10(9(13)14)8-4-2-1-3-7(8)5-6-12-10/h1-4,12H,5-6,11H2,(H,13,14). The van der Waals surface area contributed by atoms with Gasteiger partial charge in [-0.2, -0.15) is 0 Å². The van der Waals surface area contributed by atoms with Crippen LogP contribution in [0.1, 0.15) is 11.1 Å². The summed E-state index contributed by atoms with van der Waals surface area (Å²) < 4.78 is 0. The Morgan fingerprint density at radius 1 is 1.50 bits per heavy atom. The third-order valence-corrected chi connectivity index (χ3v) is 2.58. The van der Waals surface area contributed by atoms with Crippen molar-refractivity contribution in [2.75, 3.05) is 6.54 Å². The Morgan fingerprint density at radius 3 is 2.93 bits per heavy atom. The van der Waals surface area contributed by atoms with Crippen molar-refractivity contribution in [3.63, 3.8) is 0 Å². The van der Waals surface area contributed by atoms with Crippen molar-refractivity contribution in [2.45, 2.75) is 12.1 Å². The normalized spacial score (nSPS) is 25.5. The Balaban J connectivity index is 2.55. The lowest BCUT2D eigenvalue weighted by Crippen LogP contribution is -2.59. The molecule has 0 saturated heterocycles. The van der Waals surface area contributed by atoms with Crippen LogP contribution in [0.25, 0.3) is 0 Å². The SMILES string of the molecule is NC1(C(=O)O)NCCc2ccccc21. The molecule has 0 saturated carbocycles. The first-order chi connectivity index (χ1) is 6.64. The molecule has 1 aliphatic rings. The molecule has 0 aliphatic carbocycles. The summed E-state index contributed by atoms with van der Waals surface area (Å²) in [5.74, 6) is -1.04. The molecule has 0 bridgehead atoms. The maximum atomic E-state index is 11.1. The van der Waals surface area contributed by atoms with Gasteiger partial charge in [0.15, 0.2) is 5.66 Å². The molecular formula is C10H12N2O2. The number of rotatable bonds is 1. The van der Waals surface area contributed by atoms with Crippen LogP contribution < -0.4 is 11.1 Å². The minimum atomic E-state index is -1.42. The van der Waals surface area contributed by atoms with Crippen molar-refractivity contribution in [1.82, 2.24) is 5.32 Å². The lowest BCUT2D eigenvalue weighted by molar-refractivity contribution is -0.145. The van der Waals surface area contributed by atoms with Crippen LogP contribution in [0.4, 0.5) is 0 Å². The summed E-state index contributed by atoms with van der Waals surface area (Å²) in [7, 11) is 0. The van der Waals surface area contributed by atoms with Gasteiger partial charge in [-0.05, 0) is 12.0 Å². The zero-order valence-corrected chi connectivity index (χ0v) is 7.66. The third kappa shape index (κ3) is 1.20. The van der Waals surface area contributed by atoms with Gasteiger partial charge in [-0.1, -0.05) is 24.3 Å². The van der Waals surface area contributed by atoms with Gasteiger partial charge in [-0.15, -0.1) is 0 Å². The van der Waals surface area contributed by atoms with Crippen molar-refractivity contribution >= 4 is 5.97 Å². The summed E-state index contributed by atoms with van der Waals surface area (Å²) in [5, 5.41) is 11.9. The van der Waals surface area contributed by atoms with Crippen molar-refractivity contribution in [3.05, 3.63) is 35.4 Å². The highest BCUT2D eigenvalue weighted by Crippen LogP contribution is 2.24. The van der Waals surface area contributed by atoms with Crippen LogP contribution in [0.3, 0.4) is 0 Å². The van der Waals surface area contributed by atoms with Gasteiger partial charge in [-0.25, -0.2) is 4.79 Å². The number of nitrogens with two attached hydrogens (primary N) is 1. The molecule has 0 fully saturated rings. The second-order valence-electron chi connectivity index (χ2n) is 3.45. The summed E-state index contributed by atoms with van der Waals surface area (Å²) in [6.45, 7) is 0.597. The Labute approximate surface area is 81.7 Å². The van der Waals surface area contributed by atoms with E-state index in [0.29, 0.717) is 12.1 Å². The largest absolute Gasteiger partial charge is 0.479 e. The van der Waals surface area contributed by atoms with Gasteiger partial charge in [0, 0.05) is 12.1 Å². The molecule has 1 aromatic carbocycles. The Hall–Kier alpha value is -1.39. The molecule has 4 N–H and O–H groups in total. The van der Waals surface area contributed by atoms with E-state index < -0.39 is 11.6 Å². The van der Waals surface area contributed by atoms with E-state index in [0.717, 1.165) is 12.0 Å². The highest BCUT2D eigenvalue weighted by atomic mass is 16.4. The van der Waals surface area contributed by atoms with E-state index in [1.54, 1.807) is 12.1 Å². The molecule has 0 amide bonds. The summed E-state index contributed by atoms with van der Waals surface area (Å²) >= 11 is 0. The van der Waals surface area contributed by atoms with Crippen LogP contribution in [-0.4, -0.2) is 17.6 Å². The van der Waals surface area contributed by atoms with Crippen LogP contribution in [0.5, 0.6) is 0 Å². The molecule has 1 aliphatic heterocycles. The maximum Gasteiger partial charge on any atom is 0.343 e. The van der Waals surface area contributed by atoms with E-state index >= 15 is 0 Å². The van der Waals surface area contributed by atoms with E-state index in [4.69, 9.17) is 10.8 Å². The van der Waals surface area contributed by atoms with Gasteiger partial charge in [0.25, 0.3) is 0 Å². The van der Waals surface area contributed by atoms with Crippen molar-refractivity contribution in [2.24, 2.45) is 5.73 Å². The van der Waals surface area contributed by atoms with E-state index in [1.807, 2.05) is 12.1 Å². The maximum absolute atomic E-state index is 11.1. The Kier molecular flexibility index (Phi) is 2.02. The molecule has 4 heteroatoms. The van der Waals surface area contributed by atoms with Gasteiger partial charge < -0.3 is 5.11 Å². The first-order valence-corrected chi connectivity index (χ1v) is 4.50. The highest BCUT2D eigenvalue weighted by Gasteiger charge is 2.39. The van der Waals surface area contributed by atoms with Crippen LogP contribution >= 0.6 is 0 Å². The predicted molar refractivity (Wildman–Crippen MR) is 51.6 cm³/mol. The topological polar surface area (TPSA) is 75.4 Å². The molecule has 1 unspecified atom stereocenters. The minimum absolute atomic E-state index is 0.597. The molecule has 2 rings (SSSR count). The van der Waals surface area contributed by atoms with Gasteiger partial charge in [0.1, 0.15) is 0 Å². The number of hydrogen-bond donors (Lipinski definition) is 3. The van der Waals surface area contributed by atoms with E-state index in [2.05, 4.69) is 5.32 Å². The fourth-order valence-corrected chi connectivity index (χ4v) is 1.80. The highest BCUT2D eigenvalue weighted by molar-refractivity contribution is 5.80. The molecular weight excluding hydrogens is 180 g/mol. The smallest absolute Gasteiger partial charge is 0.343 e. The fraction of sp³-hybridized carbons (Fsp3) is 0.300. The third-order valence-electron chi connectivity index (χ3n) is 2.58. The molecule has 74 valence electrons. The zero-order chi connectivity index (χ0) is 10.2. The number of aliphatic carboxylic acids is 1. The average molecular weight is 192 g/mol. The quantitative estimate of drug-likeness (QED) is 0.586. The Bertz CT molecular complexity index is 378. The number of fused-ring (bicyclic) bond motifs is 1. The van der Waals surface area contributed by atoms with Crippen LogP contribution in [0.15, 0.2) is 24.3 Å². The number of carboxylic acids is 1. The molecule has 0 spiro atoms. The van der Waals surface area contributed by atoms with E-state index in [-0.39, 0.29) is 0 Å². The Morgan fingerprint density at radius 2 is 2.21 bits per heavy atom. The van der Waals surface area contributed by atoms with E-state index in [9.17, 15) is 4.79 Å². The van der Waals surface area contributed by atoms with Crippen molar-refractivity contribution in [1.29, 1.82) is 0 Å². The lowest BCUT2D eigenvalue weighted by atomic mass is 9.90. The second kappa shape index (κ2) is 3.08. The number of benzene rings is 1. The molecule has 1 atom stereocenters. The lowest BCUT2D eigenvalue weighted by Gasteiger charge is -2.32. The molecule has 0 aromatic heterocycles. The summed E-state index contributed by atoms with van der Waals surface area (Å²) in [6, 6.07) is 7.37. The first kappa shape index (κ1) is 9.18. The van der Waals surface area contributed by atoms with Gasteiger partial charge in [-0.3, -0.25) is 11.1 Å². The fourth-order valence-electron chi connectivity index (χ4n) is 1.80. The number of carbonyl (C=O) groups is 1. The zero-order valence-electron chi connectivity index (χ0n) is 7.66. The summed E-state index contributed by atoms with van der Waals surface area (Å²) in [4.78, 5) is 11.1. The van der Waals surface area contributed by atoms with Gasteiger partial charge >= 0.3 is 5.97 Å². The predicted octanol–water partition coefficient (Wildman–Crippen LogP) is 0.0284. The number of hydrogen-bond acceptors (Lipinski definition) is 3. The number of carboxylic acid groups (broad SMARTS) is 1. The minimum Gasteiger partial charge on any atom is -0.479 e. The second-order valence-corrected chi connectivity index (χ2v) is 3.45.